The highest BCUT2D eigenvalue weighted by Gasteiger charge is 2.33. The molecule has 0 spiro atoms. The number of anilines is 2. The van der Waals surface area contributed by atoms with Gasteiger partial charge >= 0.3 is 6.09 Å². The standard InChI is InChI=1S/C21H20ClN3O5S/c22-13-1-6-18(31)17(9-13)20(27)23-10-16-11-25(21(28)30-16)15-4-2-14(3-5-15)24-7-8-29-12-19(24)26/h1-5,9,16H,6-8,10-12H2,(H,23,27). The normalized spacial score (nSPS) is 21.6. The van der Waals surface area contributed by atoms with Crippen molar-refractivity contribution < 1.29 is 23.9 Å². The van der Waals surface area contributed by atoms with Crippen LogP contribution in [0.25, 0.3) is 0 Å². The van der Waals surface area contributed by atoms with Gasteiger partial charge in [0, 0.05) is 34.2 Å². The quantitative estimate of drug-likeness (QED) is 0.677. The fraction of sp³-hybridized carbons (Fsp3) is 0.333. The van der Waals surface area contributed by atoms with Crippen LogP contribution in [0.5, 0.6) is 0 Å². The number of rotatable bonds is 5. The monoisotopic (exact) mass is 461 g/mol. The van der Waals surface area contributed by atoms with Crippen LogP contribution >= 0.6 is 23.8 Å². The Morgan fingerprint density at radius 1 is 1.19 bits per heavy atom. The molecule has 4 rings (SSSR count). The van der Waals surface area contributed by atoms with Crippen molar-refractivity contribution in [3.63, 3.8) is 0 Å². The highest BCUT2D eigenvalue weighted by atomic mass is 35.5. The molecule has 31 heavy (non-hydrogen) atoms. The Labute approximate surface area is 189 Å². The van der Waals surface area contributed by atoms with Crippen molar-refractivity contribution in [1.29, 1.82) is 0 Å². The maximum absolute atomic E-state index is 12.4. The van der Waals surface area contributed by atoms with Crippen LogP contribution in [0.15, 0.2) is 47.0 Å². The minimum Gasteiger partial charge on any atom is -0.442 e. The molecule has 0 radical (unpaired) electrons. The van der Waals surface area contributed by atoms with E-state index in [1.165, 1.54) is 11.0 Å². The lowest BCUT2D eigenvalue weighted by Crippen LogP contribution is -2.41. The summed E-state index contributed by atoms with van der Waals surface area (Å²) in [4.78, 5) is 40.4. The average molecular weight is 462 g/mol. The zero-order valence-corrected chi connectivity index (χ0v) is 18.1. The van der Waals surface area contributed by atoms with Crippen LogP contribution in [0.4, 0.5) is 16.2 Å². The first-order chi connectivity index (χ1) is 14.9. The number of halogens is 1. The molecule has 0 saturated carbocycles. The van der Waals surface area contributed by atoms with Crippen LogP contribution in [0, 0.1) is 0 Å². The summed E-state index contributed by atoms with van der Waals surface area (Å²) in [5, 5.41) is 3.23. The van der Waals surface area contributed by atoms with E-state index >= 15 is 0 Å². The Hall–Kier alpha value is -2.75. The largest absolute Gasteiger partial charge is 0.442 e. The third-order valence-corrected chi connectivity index (χ3v) is 5.78. The Balaban J connectivity index is 1.35. The zero-order chi connectivity index (χ0) is 22.0. The lowest BCUT2D eigenvalue weighted by atomic mass is 10.0. The number of carbonyl (C=O) groups is 3. The zero-order valence-electron chi connectivity index (χ0n) is 16.5. The number of amides is 3. The predicted octanol–water partition coefficient (Wildman–Crippen LogP) is 2.31. The summed E-state index contributed by atoms with van der Waals surface area (Å²) in [6.45, 7) is 1.50. The topological polar surface area (TPSA) is 88.2 Å². The highest BCUT2D eigenvalue weighted by Crippen LogP contribution is 2.26. The lowest BCUT2D eigenvalue weighted by molar-refractivity contribution is -0.125. The number of nitrogens with one attached hydrogen (secondary N) is 1. The van der Waals surface area contributed by atoms with Crippen LogP contribution in [-0.2, 0) is 19.1 Å². The van der Waals surface area contributed by atoms with Gasteiger partial charge in [-0.15, -0.1) is 0 Å². The number of ether oxygens (including phenoxy) is 2. The summed E-state index contributed by atoms with van der Waals surface area (Å²) < 4.78 is 10.5. The molecular weight excluding hydrogens is 442 g/mol. The van der Waals surface area contributed by atoms with Crippen molar-refractivity contribution in [1.82, 2.24) is 5.32 Å². The van der Waals surface area contributed by atoms with Gasteiger partial charge in [0.15, 0.2) is 0 Å². The van der Waals surface area contributed by atoms with Crippen LogP contribution in [0.1, 0.15) is 6.42 Å². The van der Waals surface area contributed by atoms with E-state index in [9.17, 15) is 14.4 Å². The molecule has 1 aromatic rings. The van der Waals surface area contributed by atoms with E-state index in [-0.39, 0.29) is 25.0 Å². The van der Waals surface area contributed by atoms with E-state index in [4.69, 9.17) is 33.3 Å². The Morgan fingerprint density at radius 3 is 2.61 bits per heavy atom. The second kappa shape index (κ2) is 9.17. The molecular formula is C21H20ClN3O5S. The van der Waals surface area contributed by atoms with Crippen LogP contribution in [0.3, 0.4) is 0 Å². The summed E-state index contributed by atoms with van der Waals surface area (Å²) in [5.74, 6) is -0.440. The fourth-order valence-corrected chi connectivity index (χ4v) is 3.93. The number of morpholine rings is 1. The minimum absolute atomic E-state index is 0.0672. The van der Waals surface area contributed by atoms with Gasteiger partial charge in [0.1, 0.15) is 12.7 Å². The molecule has 10 heteroatoms. The molecule has 1 N–H and O–H groups in total. The number of nitrogens with zero attached hydrogens (tertiary/aromatic N) is 2. The summed E-state index contributed by atoms with van der Waals surface area (Å²) in [5.41, 5.74) is 1.76. The summed E-state index contributed by atoms with van der Waals surface area (Å²) >= 11 is 11.2. The molecule has 2 fully saturated rings. The van der Waals surface area contributed by atoms with Gasteiger partial charge in [-0.3, -0.25) is 14.5 Å². The van der Waals surface area contributed by atoms with Crippen LogP contribution < -0.4 is 15.1 Å². The minimum atomic E-state index is -0.499. The molecule has 1 atom stereocenters. The average Bonchev–Trinajstić information content (AvgIpc) is 3.15. The lowest BCUT2D eigenvalue weighted by Gasteiger charge is -2.27. The van der Waals surface area contributed by atoms with Crippen molar-refractivity contribution in [3.05, 3.63) is 47.0 Å². The summed E-state index contributed by atoms with van der Waals surface area (Å²) in [6.07, 6.45) is 2.74. The molecule has 1 unspecified atom stereocenters. The molecule has 0 bridgehead atoms. The van der Waals surface area contributed by atoms with E-state index < -0.39 is 12.2 Å². The van der Waals surface area contributed by atoms with Gasteiger partial charge in [-0.05, 0) is 30.3 Å². The smallest absolute Gasteiger partial charge is 0.414 e. The van der Waals surface area contributed by atoms with Gasteiger partial charge in [-0.2, -0.15) is 0 Å². The Kier molecular flexibility index (Phi) is 6.35. The highest BCUT2D eigenvalue weighted by molar-refractivity contribution is 7.81. The van der Waals surface area contributed by atoms with Gasteiger partial charge in [0.25, 0.3) is 11.8 Å². The number of thiocarbonyl (C=S) groups is 1. The maximum Gasteiger partial charge on any atom is 0.414 e. The first kappa shape index (κ1) is 21.5. The van der Waals surface area contributed by atoms with Crippen LogP contribution in [-0.4, -0.2) is 61.7 Å². The molecule has 8 nitrogen and oxygen atoms in total. The van der Waals surface area contributed by atoms with Crippen molar-refractivity contribution in [2.24, 2.45) is 0 Å². The molecule has 162 valence electrons. The van der Waals surface area contributed by atoms with Gasteiger partial charge < -0.3 is 19.7 Å². The SMILES string of the molecule is O=C(NCC1CN(c2ccc(N3CCOCC3=O)cc2)C(=O)O1)C1=CC(Cl)=CCC1=S. The van der Waals surface area contributed by atoms with Gasteiger partial charge in [-0.25, -0.2) is 4.79 Å². The first-order valence-corrected chi connectivity index (χ1v) is 10.6. The third-order valence-electron chi connectivity index (χ3n) is 5.13. The van der Waals surface area contributed by atoms with Crippen LogP contribution in [0.2, 0.25) is 0 Å². The molecule has 3 amide bonds. The fourth-order valence-electron chi connectivity index (χ4n) is 3.51. The number of cyclic esters (lactones) is 1. The first-order valence-electron chi connectivity index (χ1n) is 9.77. The number of hydrogen-bond acceptors (Lipinski definition) is 6. The second-order valence-electron chi connectivity index (χ2n) is 7.22. The molecule has 1 aliphatic carbocycles. The predicted molar refractivity (Wildman–Crippen MR) is 119 cm³/mol. The van der Waals surface area contributed by atoms with Crippen molar-refractivity contribution in [2.75, 3.05) is 42.6 Å². The van der Waals surface area contributed by atoms with Crippen molar-refractivity contribution >= 4 is 58.0 Å². The van der Waals surface area contributed by atoms with E-state index in [0.717, 1.165) is 5.69 Å². The number of hydrogen-bond donors (Lipinski definition) is 1. The van der Waals surface area contributed by atoms with E-state index in [1.807, 2.05) is 0 Å². The number of benzene rings is 1. The van der Waals surface area contributed by atoms with Gasteiger partial charge in [0.05, 0.1) is 25.3 Å². The molecule has 2 heterocycles. The molecule has 2 aliphatic heterocycles. The molecule has 1 aromatic carbocycles. The summed E-state index contributed by atoms with van der Waals surface area (Å²) in [6, 6.07) is 7.10. The maximum atomic E-state index is 12.4. The van der Waals surface area contributed by atoms with Gasteiger partial charge in [0.2, 0.25) is 0 Å². The van der Waals surface area contributed by atoms with E-state index in [0.29, 0.717) is 47.3 Å². The van der Waals surface area contributed by atoms with Crippen molar-refractivity contribution in [3.8, 4) is 0 Å². The number of allylic oxidation sites excluding steroid dienone is 3. The van der Waals surface area contributed by atoms with Crippen molar-refractivity contribution in [2.45, 2.75) is 12.5 Å². The summed E-state index contributed by atoms with van der Waals surface area (Å²) in [7, 11) is 0. The molecule has 2 saturated heterocycles. The number of carbonyl (C=O) groups excluding carboxylic acids is 3. The molecule has 3 aliphatic rings. The molecule has 0 aromatic heterocycles. The Morgan fingerprint density at radius 2 is 1.90 bits per heavy atom. The third kappa shape index (κ3) is 4.79. The second-order valence-corrected chi connectivity index (χ2v) is 8.14. The van der Waals surface area contributed by atoms with E-state index in [2.05, 4.69) is 5.32 Å². The van der Waals surface area contributed by atoms with Gasteiger partial charge in [-0.1, -0.05) is 29.9 Å². The Bertz CT molecular complexity index is 991. The van der Waals surface area contributed by atoms with E-state index in [1.54, 1.807) is 35.2 Å².